The Morgan fingerprint density at radius 3 is 3.05 bits per heavy atom. The number of nitrogens with one attached hydrogen (secondary N) is 2. The molecule has 1 aromatic carbocycles. The molecular weight excluding hydrogens is 260 g/mol. The highest BCUT2D eigenvalue weighted by molar-refractivity contribution is 5.85. The summed E-state index contributed by atoms with van der Waals surface area (Å²) in [4.78, 5) is 3.67. The molecule has 0 amide bonds. The molecule has 3 heteroatoms. The molecule has 2 aliphatic rings. The second-order valence-electron chi connectivity index (χ2n) is 6.58. The standard InChI is InChI=1S/C18H24N2O/c1-12-11-13(9-10-21-12)19-17-8-4-6-15-14-5-2-3-7-16(14)20-18(15)17/h2-3,5,7,12-13,17,19-20H,4,6,8-11H2,1H3. The van der Waals surface area contributed by atoms with Crippen molar-refractivity contribution in [3.63, 3.8) is 0 Å². The number of aromatic nitrogens is 1. The molecular formula is C18H24N2O. The highest BCUT2D eigenvalue weighted by Crippen LogP contribution is 2.35. The molecule has 0 radical (unpaired) electrons. The average Bonchev–Trinajstić information content (AvgIpc) is 2.87. The van der Waals surface area contributed by atoms with Gasteiger partial charge in [-0.2, -0.15) is 0 Å². The van der Waals surface area contributed by atoms with Gasteiger partial charge in [0.25, 0.3) is 0 Å². The van der Waals surface area contributed by atoms with E-state index in [1.54, 1.807) is 0 Å². The van der Waals surface area contributed by atoms with Crippen LogP contribution in [0.2, 0.25) is 0 Å². The Morgan fingerprint density at radius 2 is 2.14 bits per heavy atom. The summed E-state index contributed by atoms with van der Waals surface area (Å²) in [5, 5.41) is 5.31. The van der Waals surface area contributed by atoms with Crippen molar-refractivity contribution in [2.24, 2.45) is 0 Å². The second kappa shape index (κ2) is 5.47. The molecule has 1 aromatic heterocycles. The number of hydrogen-bond acceptors (Lipinski definition) is 2. The van der Waals surface area contributed by atoms with Crippen LogP contribution in [0.3, 0.4) is 0 Å². The fraction of sp³-hybridized carbons (Fsp3) is 0.556. The van der Waals surface area contributed by atoms with Gasteiger partial charge in [-0.15, -0.1) is 0 Å². The number of H-pyrrole nitrogens is 1. The Bertz CT molecular complexity index is 633. The van der Waals surface area contributed by atoms with Crippen molar-refractivity contribution in [2.75, 3.05) is 6.61 Å². The molecule has 21 heavy (non-hydrogen) atoms. The Hall–Kier alpha value is -1.32. The normalized spacial score (nSPS) is 29.5. The number of para-hydroxylation sites is 1. The minimum atomic E-state index is 0.391. The largest absolute Gasteiger partial charge is 0.378 e. The van der Waals surface area contributed by atoms with E-state index < -0.39 is 0 Å². The lowest BCUT2D eigenvalue weighted by atomic mass is 9.90. The van der Waals surface area contributed by atoms with E-state index >= 15 is 0 Å². The first-order chi connectivity index (χ1) is 10.3. The van der Waals surface area contributed by atoms with Crippen LogP contribution in [-0.2, 0) is 11.2 Å². The fourth-order valence-corrected chi connectivity index (χ4v) is 4.02. The molecule has 3 atom stereocenters. The Morgan fingerprint density at radius 1 is 1.24 bits per heavy atom. The Labute approximate surface area is 126 Å². The van der Waals surface area contributed by atoms with Gasteiger partial charge in [0.2, 0.25) is 0 Å². The highest BCUT2D eigenvalue weighted by atomic mass is 16.5. The van der Waals surface area contributed by atoms with Crippen molar-refractivity contribution >= 4 is 10.9 Å². The molecule has 4 rings (SSSR count). The molecule has 1 aliphatic heterocycles. The van der Waals surface area contributed by atoms with Crippen LogP contribution in [0.15, 0.2) is 24.3 Å². The van der Waals surface area contributed by atoms with Gasteiger partial charge in [-0.3, -0.25) is 0 Å². The zero-order chi connectivity index (χ0) is 14.2. The number of aromatic amines is 1. The minimum Gasteiger partial charge on any atom is -0.378 e. The Balaban J connectivity index is 1.61. The lowest BCUT2D eigenvalue weighted by Crippen LogP contribution is -2.40. The fourth-order valence-electron chi connectivity index (χ4n) is 4.02. The van der Waals surface area contributed by atoms with E-state index in [1.165, 1.54) is 41.4 Å². The number of rotatable bonds is 2. The van der Waals surface area contributed by atoms with Crippen molar-refractivity contribution < 1.29 is 4.74 Å². The SMILES string of the molecule is CC1CC(NC2CCCc3c2[nH]c2ccccc32)CCO1. The molecule has 0 spiro atoms. The van der Waals surface area contributed by atoms with E-state index in [0.29, 0.717) is 18.2 Å². The lowest BCUT2D eigenvalue weighted by Gasteiger charge is -2.33. The van der Waals surface area contributed by atoms with Crippen LogP contribution in [0.25, 0.3) is 10.9 Å². The zero-order valence-electron chi connectivity index (χ0n) is 12.7. The summed E-state index contributed by atoms with van der Waals surface area (Å²) >= 11 is 0. The summed E-state index contributed by atoms with van der Waals surface area (Å²) in [6.45, 7) is 3.08. The van der Waals surface area contributed by atoms with Crippen molar-refractivity contribution in [1.29, 1.82) is 0 Å². The van der Waals surface area contributed by atoms with Gasteiger partial charge in [0.15, 0.2) is 0 Å². The number of aryl methyl sites for hydroxylation is 1. The predicted octanol–water partition coefficient (Wildman–Crippen LogP) is 3.70. The molecule has 3 nitrogen and oxygen atoms in total. The summed E-state index contributed by atoms with van der Waals surface area (Å²) in [6.07, 6.45) is 6.39. The van der Waals surface area contributed by atoms with Crippen LogP contribution in [-0.4, -0.2) is 23.7 Å². The summed E-state index contributed by atoms with van der Waals surface area (Å²) in [6, 6.07) is 9.79. The smallest absolute Gasteiger partial charge is 0.0561 e. The first kappa shape index (κ1) is 13.4. The number of ether oxygens (including phenoxy) is 1. The minimum absolute atomic E-state index is 0.391. The van der Waals surface area contributed by atoms with Gasteiger partial charge in [-0.05, 0) is 50.7 Å². The zero-order valence-corrected chi connectivity index (χ0v) is 12.7. The third-order valence-electron chi connectivity index (χ3n) is 5.04. The third kappa shape index (κ3) is 2.49. The molecule has 2 heterocycles. The first-order valence-corrected chi connectivity index (χ1v) is 8.28. The topological polar surface area (TPSA) is 37.0 Å². The molecule has 1 saturated heterocycles. The predicted molar refractivity (Wildman–Crippen MR) is 85.5 cm³/mol. The molecule has 3 unspecified atom stereocenters. The lowest BCUT2D eigenvalue weighted by molar-refractivity contribution is 0.0107. The summed E-state index contributed by atoms with van der Waals surface area (Å²) in [7, 11) is 0. The van der Waals surface area contributed by atoms with Crippen LogP contribution in [0.4, 0.5) is 0 Å². The van der Waals surface area contributed by atoms with Gasteiger partial charge in [0.1, 0.15) is 0 Å². The van der Waals surface area contributed by atoms with Gasteiger partial charge in [0.05, 0.1) is 6.10 Å². The maximum Gasteiger partial charge on any atom is 0.0561 e. The molecule has 1 fully saturated rings. The number of hydrogen-bond donors (Lipinski definition) is 2. The van der Waals surface area contributed by atoms with Gasteiger partial charge in [0, 0.05) is 35.3 Å². The first-order valence-electron chi connectivity index (χ1n) is 8.28. The number of benzene rings is 1. The van der Waals surface area contributed by atoms with Gasteiger partial charge in [-0.1, -0.05) is 18.2 Å². The molecule has 2 aromatic rings. The van der Waals surface area contributed by atoms with E-state index in [0.717, 1.165) is 19.4 Å². The van der Waals surface area contributed by atoms with E-state index in [2.05, 4.69) is 41.5 Å². The monoisotopic (exact) mass is 284 g/mol. The molecule has 0 saturated carbocycles. The maximum absolute atomic E-state index is 5.67. The van der Waals surface area contributed by atoms with Crippen molar-refractivity contribution in [2.45, 2.75) is 57.2 Å². The molecule has 0 bridgehead atoms. The number of fused-ring (bicyclic) bond motifs is 3. The molecule has 2 N–H and O–H groups in total. The quantitative estimate of drug-likeness (QED) is 0.882. The second-order valence-corrected chi connectivity index (χ2v) is 6.58. The van der Waals surface area contributed by atoms with Gasteiger partial charge in [-0.25, -0.2) is 0 Å². The van der Waals surface area contributed by atoms with E-state index in [9.17, 15) is 0 Å². The summed E-state index contributed by atoms with van der Waals surface area (Å²) < 4.78 is 5.67. The van der Waals surface area contributed by atoms with Crippen molar-refractivity contribution in [3.05, 3.63) is 35.5 Å². The van der Waals surface area contributed by atoms with Crippen molar-refractivity contribution in [3.8, 4) is 0 Å². The van der Waals surface area contributed by atoms with Gasteiger partial charge >= 0.3 is 0 Å². The Kier molecular flexibility index (Phi) is 3.48. The third-order valence-corrected chi connectivity index (χ3v) is 5.04. The summed E-state index contributed by atoms with van der Waals surface area (Å²) in [5.41, 5.74) is 4.26. The van der Waals surface area contributed by atoms with E-state index in [4.69, 9.17) is 4.74 Å². The molecule has 112 valence electrons. The van der Waals surface area contributed by atoms with Crippen LogP contribution < -0.4 is 5.32 Å². The highest BCUT2D eigenvalue weighted by Gasteiger charge is 2.28. The van der Waals surface area contributed by atoms with Crippen molar-refractivity contribution in [1.82, 2.24) is 10.3 Å². The average molecular weight is 284 g/mol. The van der Waals surface area contributed by atoms with Crippen LogP contribution in [0.5, 0.6) is 0 Å². The summed E-state index contributed by atoms with van der Waals surface area (Å²) in [5.74, 6) is 0. The van der Waals surface area contributed by atoms with E-state index in [-0.39, 0.29) is 0 Å². The van der Waals surface area contributed by atoms with Gasteiger partial charge < -0.3 is 15.0 Å². The maximum atomic E-state index is 5.67. The van der Waals surface area contributed by atoms with Crippen LogP contribution in [0.1, 0.15) is 49.9 Å². The molecule has 1 aliphatic carbocycles. The van der Waals surface area contributed by atoms with Crippen LogP contribution in [0, 0.1) is 0 Å². The van der Waals surface area contributed by atoms with E-state index in [1.807, 2.05) is 0 Å². The van der Waals surface area contributed by atoms with Crippen LogP contribution >= 0.6 is 0 Å².